The maximum Gasteiger partial charge on any atom is 0.359 e. The molecule has 4 heterocycles. The Labute approximate surface area is 174 Å². The third-order valence-corrected chi connectivity index (χ3v) is 6.35. The van der Waals surface area contributed by atoms with Crippen LogP contribution in [0.5, 0.6) is 0 Å². The molecule has 0 aromatic rings. The zero-order valence-corrected chi connectivity index (χ0v) is 17.8. The van der Waals surface area contributed by atoms with Gasteiger partial charge in [0.05, 0.1) is 39.9 Å². The first-order chi connectivity index (χ1) is 14.4. The number of amides is 4. The maximum atomic E-state index is 13.6. The van der Waals surface area contributed by atoms with Gasteiger partial charge < -0.3 is 9.47 Å². The molecule has 0 N–H and O–H groups in total. The number of urea groups is 2. The van der Waals surface area contributed by atoms with Crippen LogP contribution in [0.4, 0.5) is 9.59 Å². The van der Waals surface area contributed by atoms with Gasteiger partial charge in [-0.05, 0) is 26.9 Å². The number of esters is 2. The Kier molecular flexibility index (Phi) is 4.81. The zero-order chi connectivity index (χ0) is 21.8. The molecule has 12 heteroatoms. The first kappa shape index (κ1) is 20.7. The van der Waals surface area contributed by atoms with Crippen molar-refractivity contribution >= 4 is 24.0 Å². The molecular weight excluding hydrogens is 396 g/mol. The van der Waals surface area contributed by atoms with Crippen LogP contribution in [0.15, 0.2) is 0 Å². The summed E-state index contributed by atoms with van der Waals surface area (Å²) in [6.45, 7) is 8.66. The number of rotatable bonds is 6. The molecule has 0 spiro atoms. The predicted molar refractivity (Wildman–Crippen MR) is 101 cm³/mol. The summed E-state index contributed by atoms with van der Waals surface area (Å²) in [6, 6.07) is -1.01. The average Bonchev–Trinajstić information content (AvgIpc) is 3.12. The summed E-state index contributed by atoms with van der Waals surface area (Å²) in [7, 11) is 0. The molecule has 4 saturated heterocycles. The Morgan fingerprint density at radius 3 is 1.23 bits per heavy atom. The molecule has 0 radical (unpaired) electrons. The summed E-state index contributed by atoms with van der Waals surface area (Å²) in [5.74, 6) is -1.60. The minimum Gasteiger partial charge on any atom is -0.463 e. The Morgan fingerprint density at radius 1 is 0.700 bits per heavy atom. The van der Waals surface area contributed by atoms with E-state index in [1.165, 1.54) is 19.6 Å². The van der Waals surface area contributed by atoms with E-state index in [0.717, 1.165) is 0 Å². The van der Waals surface area contributed by atoms with Crippen LogP contribution < -0.4 is 0 Å². The van der Waals surface area contributed by atoms with Gasteiger partial charge in [0.25, 0.3) is 11.3 Å². The summed E-state index contributed by atoms with van der Waals surface area (Å²) in [5, 5.41) is 0. The lowest BCUT2D eigenvalue weighted by atomic mass is 9.90. The topological polar surface area (TPSA) is 106 Å². The quantitative estimate of drug-likeness (QED) is 0.525. The SMILES string of the molecule is CCOC(=O)C12N3CN(CC)CN1C(=O)N1CN(CC)CN(C3=O)C12C(=O)OCC. The van der Waals surface area contributed by atoms with Crippen molar-refractivity contribution in [1.29, 1.82) is 0 Å². The number of hydrogen-bond acceptors (Lipinski definition) is 8. The smallest absolute Gasteiger partial charge is 0.359 e. The normalized spacial score (nSPS) is 30.8. The van der Waals surface area contributed by atoms with E-state index in [2.05, 4.69) is 0 Å². The van der Waals surface area contributed by atoms with Crippen LogP contribution in [0.25, 0.3) is 0 Å². The van der Waals surface area contributed by atoms with Crippen LogP contribution in [0.1, 0.15) is 27.7 Å². The van der Waals surface area contributed by atoms with E-state index >= 15 is 0 Å². The summed E-state index contributed by atoms with van der Waals surface area (Å²) in [6.07, 6.45) is 0. The van der Waals surface area contributed by atoms with Crippen LogP contribution >= 0.6 is 0 Å². The van der Waals surface area contributed by atoms with Crippen LogP contribution in [0.3, 0.4) is 0 Å². The second kappa shape index (κ2) is 6.98. The fraction of sp³-hybridized carbons (Fsp3) is 0.778. The van der Waals surface area contributed by atoms with E-state index in [4.69, 9.17) is 9.47 Å². The second-order valence-corrected chi connectivity index (χ2v) is 7.60. The number of nitrogens with zero attached hydrogens (tertiary/aromatic N) is 6. The van der Waals surface area contributed by atoms with Crippen molar-refractivity contribution in [1.82, 2.24) is 29.4 Å². The van der Waals surface area contributed by atoms with Crippen molar-refractivity contribution in [2.75, 3.05) is 53.0 Å². The lowest BCUT2D eigenvalue weighted by Crippen LogP contribution is -2.80. The Bertz CT molecular complexity index is 693. The fourth-order valence-corrected chi connectivity index (χ4v) is 5.02. The number of carbonyl (C=O) groups is 4. The Morgan fingerprint density at radius 2 is 1.00 bits per heavy atom. The van der Waals surface area contributed by atoms with Gasteiger partial charge in [-0.1, -0.05) is 13.8 Å². The van der Waals surface area contributed by atoms with Crippen molar-refractivity contribution in [3.05, 3.63) is 0 Å². The summed E-state index contributed by atoms with van der Waals surface area (Å²) >= 11 is 0. The van der Waals surface area contributed by atoms with E-state index in [9.17, 15) is 19.2 Å². The first-order valence-corrected chi connectivity index (χ1v) is 10.3. The highest BCUT2D eigenvalue weighted by Gasteiger charge is 2.88. The molecular formula is C18H28N6O6. The molecule has 4 amide bonds. The van der Waals surface area contributed by atoms with Gasteiger partial charge >= 0.3 is 24.0 Å². The second-order valence-electron chi connectivity index (χ2n) is 7.60. The third-order valence-electron chi connectivity index (χ3n) is 6.35. The van der Waals surface area contributed by atoms with Crippen molar-refractivity contribution in [2.45, 2.75) is 39.0 Å². The van der Waals surface area contributed by atoms with E-state index in [-0.39, 0.29) is 39.9 Å². The molecule has 4 fully saturated rings. The monoisotopic (exact) mass is 424 g/mol. The van der Waals surface area contributed by atoms with Gasteiger partial charge in [-0.2, -0.15) is 0 Å². The molecule has 30 heavy (non-hydrogen) atoms. The first-order valence-electron chi connectivity index (χ1n) is 10.3. The van der Waals surface area contributed by atoms with Crippen molar-refractivity contribution in [3.8, 4) is 0 Å². The van der Waals surface area contributed by atoms with Gasteiger partial charge in [-0.15, -0.1) is 0 Å². The number of carbonyl (C=O) groups excluding carboxylic acids is 4. The third kappa shape index (κ3) is 2.12. The summed E-state index contributed by atoms with van der Waals surface area (Å²) in [5.41, 5.74) is -3.87. The highest BCUT2D eigenvalue weighted by atomic mass is 16.6. The van der Waals surface area contributed by atoms with E-state index < -0.39 is 35.3 Å². The number of hydrogen-bond donors (Lipinski definition) is 0. The highest BCUT2D eigenvalue weighted by molar-refractivity contribution is 6.09. The molecule has 4 rings (SSSR count). The van der Waals surface area contributed by atoms with Crippen LogP contribution in [-0.4, -0.2) is 118 Å². The molecule has 12 nitrogen and oxygen atoms in total. The standard InChI is InChI=1S/C18H28N6O6/c1-5-19-9-21-15(27)23-11-20(6-2)12-24-16(28)22(10-19)17(21,13(25)29-7-3)18(23,24)14(26)30-8-4/h5-12H2,1-4H3. The van der Waals surface area contributed by atoms with Crippen molar-refractivity contribution < 1.29 is 28.7 Å². The molecule has 166 valence electrons. The Balaban J connectivity index is 2.01. The van der Waals surface area contributed by atoms with Gasteiger partial charge in [0.15, 0.2) is 0 Å². The molecule has 4 aliphatic rings. The van der Waals surface area contributed by atoms with Gasteiger partial charge in [0.2, 0.25) is 0 Å². The minimum atomic E-state index is -1.94. The summed E-state index contributed by atoms with van der Waals surface area (Å²) < 4.78 is 10.8. The molecule has 4 aliphatic heterocycles. The Hall–Kier alpha value is -2.60. The van der Waals surface area contributed by atoms with Crippen molar-refractivity contribution in [2.24, 2.45) is 0 Å². The average molecular weight is 424 g/mol. The van der Waals surface area contributed by atoms with Crippen molar-refractivity contribution in [3.63, 3.8) is 0 Å². The van der Waals surface area contributed by atoms with Crippen LogP contribution in [-0.2, 0) is 19.1 Å². The molecule has 0 aliphatic carbocycles. The largest absolute Gasteiger partial charge is 0.463 e. The maximum absolute atomic E-state index is 13.6. The molecule has 0 bridgehead atoms. The van der Waals surface area contributed by atoms with Gasteiger partial charge in [-0.25, -0.2) is 19.2 Å². The summed E-state index contributed by atoms with van der Waals surface area (Å²) in [4.78, 5) is 63.2. The van der Waals surface area contributed by atoms with Crippen LogP contribution in [0.2, 0.25) is 0 Å². The lowest BCUT2D eigenvalue weighted by Gasteiger charge is -2.51. The van der Waals surface area contributed by atoms with Crippen LogP contribution in [0, 0.1) is 0 Å². The zero-order valence-electron chi connectivity index (χ0n) is 17.8. The van der Waals surface area contributed by atoms with E-state index in [0.29, 0.717) is 13.1 Å². The molecule has 0 unspecified atom stereocenters. The highest BCUT2D eigenvalue weighted by Crippen LogP contribution is 2.55. The predicted octanol–water partition coefficient (Wildman–Crippen LogP) is -0.519. The van der Waals surface area contributed by atoms with E-state index in [1.807, 2.05) is 23.6 Å². The molecule has 0 saturated carbocycles. The molecule has 0 aromatic heterocycles. The minimum absolute atomic E-state index is 0.0438. The lowest BCUT2D eigenvalue weighted by molar-refractivity contribution is -0.208. The van der Waals surface area contributed by atoms with E-state index in [1.54, 1.807) is 13.8 Å². The molecule has 0 atom stereocenters. The molecule has 0 aromatic carbocycles. The van der Waals surface area contributed by atoms with Gasteiger partial charge in [-0.3, -0.25) is 29.4 Å². The van der Waals surface area contributed by atoms with Gasteiger partial charge in [0, 0.05) is 0 Å². The fourth-order valence-electron chi connectivity index (χ4n) is 5.02. The number of ether oxygens (including phenoxy) is 2. The van der Waals surface area contributed by atoms with Gasteiger partial charge in [0.1, 0.15) is 0 Å².